The molecule has 0 bridgehead atoms. The highest BCUT2D eigenvalue weighted by molar-refractivity contribution is 4.89. The van der Waals surface area contributed by atoms with Gasteiger partial charge in [-0.1, -0.05) is 5.16 Å². The smallest absolute Gasteiger partial charge is 0.228 e. The number of hydrogen-bond acceptors (Lipinski definition) is 6. The number of nitrogens with zero attached hydrogens (tertiary/aromatic N) is 4. The summed E-state index contributed by atoms with van der Waals surface area (Å²) in [6.07, 6.45) is 0.0971. The standard InChI is InChI=1S/C11H20N4O2/c1-9(16)11-12-10(17-13-11)3-4-15-7-5-14(2)6-8-15/h9,16H,3-8H2,1-2H3. The number of aliphatic hydroxyl groups is 1. The van der Waals surface area contributed by atoms with Crippen molar-refractivity contribution in [1.82, 2.24) is 19.9 Å². The van der Waals surface area contributed by atoms with Gasteiger partial charge in [-0.15, -0.1) is 0 Å². The van der Waals surface area contributed by atoms with Crippen molar-refractivity contribution in [2.75, 3.05) is 39.8 Å². The Bertz CT molecular complexity index is 345. The van der Waals surface area contributed by atoms with Crippen molar-refractivity contribution in [1.29, 1.82) is 0 Å². The molecule has 17 heavy (non-hydrogen) atoms. The van der Waals surface area contributed by atoms with E-state index in [0.29, 0.717) is 11.7 Å². The zero-order valence-electron chi connectivity index (χ0n) is 10.5. The van der Waals surface area contributed by atoms with Crippen LogP contribution in [0.1, 0.15) is 24.7 Å². The molecule has 1 fully saturated rings. The summed E-state index contributed by atoms with van der Waals surface area (Å²) in [6.45, 7) is 6.98. The van der Waals surface area contributed by atoms with E-state index in [1.54, 1.807) is 6.92 Å². The number of likely N-dealkylation sites (N-methyl/N-ethyl adjacent to an activating group) is 1. The Labute approximate surface area is 101 Å². The maximum Gasteiger partial charge on any atom is 0.228 e. The molecule has 1 atom stereocenters. The predicted octanol–water partition coefficient (Wildman–Crippen LogP) is -0.0872. The quantitative estimate of drug-likeness (QED) is 0.793. The van der Waals surface area contributed by atoms with Crippen molar-refractivity contribution in [2.45, 2.75) is 19.4 Å². The molecule has 1 aliphatic rings. The van der Waals surface area contributed by atoms with Crippen molar-refractivity contribution < 1.29 is 9.63 Å². The second-order valence-corrected chi connectivity index (χ2v) is 4.62. The van der Waals surface area contributed by atoms with Crippen LogP contribution in [0.5, 0.6) is 0 Å². The van der Waals surface area contributed by atoms with Crippen LogP contribution in [0, 0.1) is 0 Å². The first-order chi connectivity index (χ1) is 8.15. The van der Waals surface area contributed by atoms with Gasteiger partial charge in [-0.3, -0.25) is 0 Å². The van der Waals surface area contributed by atoms with Crippen LogP contribution in [0.15, 0.2) is 4.52 Å². The number of rotatable bonds is 4. The van der Waals surface area contributed by atoms with Gasteiger partial charge < -0.3 is 19.4 Å². The third-order valence-corrected chi connectivity index (χ3v) is 3.10. The summed E-state index contributed by atoms with van der Waals surface area (Å²) >= 11 is 0. The van der Waals surface area contributed by atoms with Crippen molar-refractivity contribution >= 4 is 0 Å². The van der Waals surface area contributed by atoms with Gasteiger partial charge in [-0.2, -0.15) is 4.98 Å². The summed E-state index contributed by atoms with van der Waals surface area (Å²) in [5.74, 6) is 0.984. The predicted molar refractivity (Wildman–Crippen MR) is 62.6 cm³/mol. The van der Waals surface area contributed by atoms with E-state index in [9.17, 15) is 5.11 Å². The summed E-state index contributed by atoms with van der Waals surface area (Å²) in [4.78, 5) is 8.87. The molecular formula is C11H20N4O2. The van der Waals surface area contributed by atoms with E-state index in [4.69, 9.17) is 4.52 Å². The summed E-state index contributed by atoms with van der Waals surface area (Å²) in [6, 6.07) is 0. The lowest BCUT2D eigenvalue weighted by Crippen LogP contribution is -2.45. The van der Waals surface area contributed by atoms with Crippen LogP contribution in [0.3, 0.4) is 0 Å². The van der Waals surface area contributed by atoms with Crippen LogP contribution < -0.4 is 0 Å². The number of hydrogen-bond donors (Lipinski definition) is 1. The van der Waals surface area contributed by atoms with Gasteiger partial charge in [-0.05, 0) is 14.0 Å². The zero-order chi connectivity index (χ0) is 12.3. The van der Waals surface area contributed by atoms with Crippen LogP contribution in [0.25, 0.3) is 0 Å². The molecule has 6 nitrogen and oxygen atoms in total. The average molecular weight is 240 g/mol. The molecule has 1 aromatic heterocycles. The summed E-state index contributed by atoms with van der Waals surface area (Å²) in [7, 11) is 2.14. The van der Waals surface area contributed by atoms with Crippen LogP contribution in [0.2, 0.25) is 0 Å². The average Bonchev–Trinajstić information content (AvgIpc) is 2.77. The Hall–Kier alpha value is -0.980. The molecule has 2 rings (SSSR count). The van der Waals surface area contributed by atoms with E-state index >= 15 is 0 Å². The normalized spacial score (nSPS) is 20.6. The third kappa shape index (κ3) is 3.49. The van der Waals surface area contributed by atoms with Crippen LogP contribution in [0.4, 0.5) is 0 Å². The lowest BCUT2D eigenvalue weighted by molar-refractivity contribution is 0.152. The molecule has 6 heteroatoms. The van der Waals surface area contributed by atoms with Crippen LogP contribution in [-0.2, 0) is 6.42 Å². The molecule has 0 spiro atoms. The maximum atomic E-state index is 9.28. The number of aliphatic hydroxyl groups excluding tert-OH is 1. The number of piperazine rings is 1. The Kier molecular flexibility index (Phi) is 4.09. The molecule has 0 saturated carbocycles. The van der Waals surface area contributed by atoms with Crippen LogP contribution in [-0.4, -0.2) is 64.8 Å². The first-order valence-corrected chi connectivity index (χ1v) is 6.06. The summed E-state index contributed by atoms with van der Waals surface area (Å²) in [5.41, 5.74) is 0. The Balaban J connectivity index is 1.77. The van der Waals surface area contributed by atoms with E-state index in [1.165, 1.54) is 0 Å². The highest BCUT2D eigenvalue weighted by Gasteiger charge is 2.15. The van der Waals surface area contributed by atoms with Gasteiger partial charge in [0.15, 0.2) is 5.82 Å². The molecule has 2 heterocycles. The number of aromatic nitrogens is 2. The molecule has 1 aromatic rings. The first-order valence-electron chi connectivity index (χ1n) is 6.06. The van der Waals surface area contributed by atoms with E-state index in [1.807, 2.05) is 0 Å². The lowest BCUT2D eigenvalue weighted by atomic mass is 10.3. The van der Waals surface area contributed by atoms with Gasteiger partial charge in [0.1, 0.15) is 6.10 Å². The van der Waals surface area contributed by atoms with Crippen molar-refractivity contribution in [2.24, 2.45) is 0 Å². The molecule has 96 valence electrons. The fourth-order valence-electron chi connectivity index (χ4n) is 1.86. The maximum absolute atomic E-state index is 9.28. The molecule has 0 radical (unpaired) electrons. The van der Waals surface area contributed by atoms with Crippen molar-refractivity contribution in [3.05, 3.63) is 11.7 Å². The monoisotopic (exact) mass is 240 g/mol. The minimum absolute atomic E-state index is 0.373. The minimum atomic E-state index is -0.656. The molecule has 0 aliphatic carbocycles. The van der Waals surface area contributed by atoms with Gasteiger partial charge in [0.2, 0.25) is 5.89 Å². The highest BCUT2D eigenvalue weighted by Crippen LogP contribution is 2.08. The largest absolute Gasteiger partial charge is 0.385 e. The molecular weight excluding hydrogens is 220 g/mol. The first kappa shape index (κ1) is 12.5. The van der Waals surface area contributed by atoms with E-state index in [0.717, 1.165) is 39.1 Å². The second kappa shape index (κ2) is 5.57. The van der Waals surface area contributed by atoms with Crippen molar-refractivity contribution in [3.63, 3.8) is 0 Å². The topological polar surface area (TPSA) is 65.6 Å². The van der Waals surface area contributed by atoms with Gasteiger partial charge in [0.25, 0.3) is 0 Å². The Morgan fingerprint density at radius 1 is 1.35 bits per heavy atom. The third-order valence-electron chi connectivity index (χ3n) is 3.10. The summed E-state index contributed by atoms with van der Waals surface area (Å²) in [5, 5.41) is 13.0. The minimum Gasteiger partial charge on any atom is -0.385 e. The van der Waals surface area contributed by atoms with Gasteiger partial charge in [-0.25, -0.2) is 0 Å². The summed E-state index contributed by atoms with van der Waals surface area (Å²) < 4.78 is 5.08. The fraction of sp³-hybridized carbons (Fsp3) is 0.818. The van der Waals surface area contributed by atoms with Crippen LogP contribution >= 0.6 is 0 Å². The van der Waals surface area contributed by atoms with Gasteiger partial charge in [0.05, 0.1) is 0 Å². The second-order valence-electron chi connectivity index (χ2n) is 4.62. The zero-order valence-corrected chi connectivity index (χ0v) is 10.5. The molecule has 1 N–H and O–H groups in total. The molecule has 0 amide bonds. The lowest BCUT2D eigenvalue weighted by Gasteiger charge is -2.31. The Morgan fingerprint density at radius 2 is 2.06 bits per heavy atom. The van der Waals surface area contributed by atoms with Crippen molar-refractivity contribution in [3.8, 4) is 0 Å². The fourth-order valence-corrected chi connectivity index (χ4v) is 1.86. The van der Waals surface area contributed by atoms with Gasteiger partial charge in [0, 0.05) is 39.1 Å². The molecule has 1 saturated heterocycles. The molecule has 1 aliphatic heterocycles. The molecule has 1 unspecified atom stereocenters. The Morgan fingerprint density at radius 3 is 2.65 bits per heavy atom. The van der Waals surface area contributed by atoms with Gasteiger partial charge >= 0.3 is 0 Å². The van der Waals surface area contributed by atoms with E-state index in [2.05, 4.69) is 27.0 Å². The van der Waals surface area contributed by atoms with E-state index < -0.39 is 6.10 Å². The highest BCUT2D eigenvalue weighted by atomic mass is 16.5. The SMILES string of the molecule is CC(O)c1noc(CCN2CCN(C)CC2)n1. The molecule has 0 aromatic carbocycles. The van der Waals surface area contributed by atoms with E-state index in [-0.39, 0.29) is 0 Å².